The monoisotopic (exact) mass is 196 g/mol. The predicted molar refractivity (Wildman–Crippen MR) is 59.0 cm³/mol. The molecule has 14 heavy (non-hydrogen) atoms. The molecule has 0 unspecified atom stereocenters. The van der Waals surface area contributed by atoms with Crippen molar-refractivity contribution < 1.29 is 9.53 Å². The highest BCUT2D eigenvalue weighted by Gasteiger charge is 2.12. The summed E-state index contributed by atoms with van der Waals surface area (Å²) < 4.78 is 4.82. The first-order chi connectivity index (χ1) is 6.37. The lowest BCUT2D eigenvalue weighted by atomic mass is 9.86. The van der Waals surface area contributed by atoms with E-state index in [1.807, 2.05) is 19.1 Å². The second-order valence-corrected chi connectivity index (χ2v) is 4.22. The lowest BCUT2D eigenvalue weighted by molar-refractivity contribution is -0.139. The molecule has 0 radical (unpaired) electrons. The summed E-state index contributed by atoms with van der Waals surface area (Å²) in [6, 6.07) is 0. The molecular formula is C12H20O2. The van der Waals surface area contributed by atoms with Crippen molar-refractivity contribution in [1.29, 1.82) is 0 Å². The van der Waals surface area contributed by atoms with Crippen LogP contribution in [0.2, 0.25) is 0 Å². The van der Waals surface area contributed by atoms with Gasteiger partial charge in [-0.1, -0.05) is 25.5 Å². The summed E-state index contributed by atoms with van der Waals surface area (Å²) in [5.74, 6) is -0.239. The molecule has 0 atom stereocenters. The number of ether oxygens (including phenoxy) is 1. The standard InChI is InChI=1S/C12H20O2/c1-6-12(4,5)9-10(2)7-8-14-11(3)13/h6-7H,1,8-9H2,2-5H3/b10-7+. The number of hydrogen-bond donors (Lipinski definition) is 0. The van der Waals surface area contributed by atoms with E-state index in [1.54, 1.807) is 0 Å². The van der Waals surface area contributed by atoms with E-state index in [2.05, 4.69) is 20.4 Å². The Balaban J connectivity index is 4.00. The van der Waals surface area contributed by atoms with E-state index < -0.39 is 0 Å². The Labute approximate surface area is 86.6 Å². The highest BCUT2D eigenvalue weighted by molar-refractivity contribution is 5.66. The zero-order chi connectivity index (χ0) is 11.2. The number of hydrogen-bond acceptors (Lipinski definition) is 2. The Hall–Kier alpha value is -1.05. The third-order valence-corrected chi connectivity index (χ3v) is 2.01. The molecular weight excluding hydrogens is 176 g/mol. The summed E-state index contributed by atoms with van der Waals surface area (Å²) in [7, 11) is 0. The average Bonchev–Trinajstić information content (AvgIpc) is 2.02. The first kappa shape index (κ1) is 12.9. The molecule has 0 aliphatic heterocycles. The van der Waals surface area contributed by atoms with Gasteiger partial charge in [-0.2, -0.15) is 0 Å². The van der Waals surface area contributed by atoms with Crippen molar-refractivity contribution in [3.63, 3.8) is 0 Å². The fourth-order valence-corrected chi connectivity index (χ4v) is 1.16. The van der Waals surface area contributed by atoms with Gasteiger partial charge in [0.05, 0.1) is 0 Å². The second-order valence-electron chi connectivity index (χ2n) is 4.22. The zero-order valence-electron chi connectivity index (χ0n) is 9.59. The van der Waals surface area contributed by atoms with E-state index in [4.69, 9.17) is 4.74 Å². The molecule has 0 heterocycles. The topological polar surface area (TPSA) is 26.3 Å². The van der Waals surface area contributed by atoms with Crippen molar-refractivity contribution in [2.24, 2.45) is 5.41 Å². The molecule has 0 aromatic heterocycles. The van der Waals surface area contributed by atoms with E-state index in [1.165, 1.54) is 12.5 Å². The van der Waals surface area contributed by atoms with E-state index in [9.17, 15) is 4.79 Å². The molecule has 0 amide bonds. The second kappa shape index (κ2) is 5.63. The maximum Gasteiger partial charge on any atom is 0.302 e. The van der Waals surface area contributed by atoms with Crippen molar-refractivity contribution >= 4 is 5.97 Å². The Morgan fingerprint density at radius 1 is 1.43 bits per heavy atom. The van der Waals surface area contributed by atoms with Crippen LogP contribution in [-0.4, -0.2) is 12.6 Å². The van der Waals surface area contributed by atoms with E-state index in [0.717, 1.165) is 6.42 Å². The Morgan fingerprint density at radius 2 is 2.00 bits per heavy atom. The van der Waals surface area contributed by atoms with Gasteiger partial charge >= 0.3 is 5.97 Å². The zero-order valence-corrected chi connectivity index (χ0v) is 9.59. The van der Waals surface area contributed by atoms with Crippen LogP contribution < -0.4 is 0 Å². The van der Waals surface area contributed by atoms with Gasteiger partial charge in [-0.3, -0.25) is 4.79 Å². The molecule has 80 valence electrons. The SMILES string of the molecule is C=CC(C)(C)C/C(C)=C/COC(C)=O. The average molecular weight is 196 g/mol. The maximum absolute atomic E-state index is 10.5. The van der Waals surface area contributed by atoms with Crippen LogP contribution in [0.25, 0.3) is 0 Å². The van der Waals surface area contributed by atoms with Crippen LogP contribution in [0.1, 0.15) is 34.1 Å². The van der Waals surface area contributed by atoms with Crippen molar-refractivity contribution in [1.82, 2.24) is 0 Å². The van der Waals surface area contributed by atoms with Gasteiger partial charge in [0.15, 0.2) is 0 Å². The van der Waals surface area contributed by atoms with Crippen LogP contribution in [-0.2, 0) is 9.53 Å². The third-order valence-electron chi connectivity index (χ3n) is 2.01. The van der Waals surface area contributed by atoms with Gasteiger partial charge in [-0.25, -0.2) is 0 Å². The molecule has 0 N–H and O–H groups in total. The van der Waals surface area contributed by atoms with Crippen LogP contribution in [0.5, 0.6) is 0 Å². The van der Waals surface area contributed by atoms with Crippen LogP contribution in [0.15, 0.2) is 24.3 Å². The molecule has 0 aliphatic rings. The van der Waals surface area contributed by atoms with Crippen molar-refractivity contribution in [2.45, 2.75) is 34.1 Å². The highest BCUT2D eigenvalue weighted by Crippen LogP contribution is 2.25. The molecule has 0 aliphatic carbocycles. The lowest BCUT2D eigenvalue weighted by Crippen LogP contribution is -2.07. The molecule has 0 saturated carbocycles. The van der Waals surface area contributed by atoms with Gasteiger partial charge < -0.3 is 4.74 Å². The van der Waals surface area contributed by atoms with Crippen molar-refractivity contribution in [2.75, 3.05) is 6.61 Å². The van der Waals surface area contributed by atoms with E-state index >= 15 is 0 Å². The Bertz CT molecular complexity index is 237. The van der Waals surface area contributed by atoms with Gasteiger partial charge in [-0.05, 0) is 24.8 Å². The number of carbonyl (C=O) groups is 1. The first-order valence-corrected chi connectivity index (χ1v) is 4.80. The summed E-state index contributed by atoms with van der Waals surface area (Å²) in [6.07, 6.45) is 4.82. The lowest BCUT2D eigenvalue weighted by Gasteiger charge is -2.19. The van der Waals surface area contributed by atoms with Crippen molar-refractivity contribution in [3.8, 4) is 0 Å². The predicted octanol–water partition coefficient (Wildman–Crippen LogP) is 3.10. The van der Waals surface area contributed by atoms with E-state index in [-0.39, 0.29) is 11.4 Å². The van der Waals surface area contributed by atoms with E-state index in [0.29, 0.717) is 6.61 Å². The van der Waals surface area contributed by atoms with Gasteiger partial charge in [0, 0.05) is 6.92 Å². The molecule has 0 bridgehead atoms. The maximum atomic E-state index is 10.5. The minimum absolute atomic E-state index is 0.108. The Kier molecular flexibility index (Phi) is 5.21. The molecule has 2 nitrogen and oxygen atoms in total. The number of allylic oxidation sites excluding steroid dienone is 2. The first-order valence-electron chi connectivity index (χ1n) is 4.80. The number of esters is 1. The molecule has 0 aromatic carbocycles. The minimum atomic E-state index is -0.239. The normalized spacial score (nSPS) is 12.4. The summed E-state index contributed by atoms with van der Waals surface area (Å²) in [5.41, 5.74) is 1.33. The van der Waals surface area contributed by atoms with Crippen LogP contribution in [0.3, 0.4) is 0 Å². The molecule has 0 fully saturated rings. The van der Waals surface area contributed by atoms with Gasteiger partial charge in [0.25, 0.3) is 0 Å². The van der Waals surface area contributed by atoms with Crippen LogP contribution >= 0.6 is 0 Å². The van der Waals surface area contributed by atoms with Crippen LogP contribution in [0, 0.1) is 5.41 Å². The number of rotatable bonds is 5. The summed E-state index contributed by atoms with van der Waals surface area (Å²) in [4.78, 5) is 10.5. The molecule has 0 spiro atoms. The fraction of sp³-hybridized carbons (Fsp3) is 0.583. The van der Waals surface area contributed by atoms with Crippen LogP contribution in [0.4, 0.5) is 0 Å². The Morgan fingerprint density at radius 3 is 2.43 bits per heavy atom. The fourth-order valence-electron chi connectivity index (χ4n) is 1.16. The van der Waals surface area contributed by atoms with Gasteiger partial charge in [-0.15, -0.1) is 6.58 Å². The number of carbonyl (C=O) groups excluding carboxylic acids is 1. The summed E-state index contributed by atoms with van der Waals surface area (Å²) >= 11 is 0. The van der Waals surface area contributed by atoms with Crippen molar-refractivity contribution in [3.05, 3.63) is 24.3 Å². The smallest absolute Gasteiger partial charge is 0.302 e. The molecule has 0 rings (SSSR count). The summed E-state index contributed by atoms with van der Waals surface area (Å²) in [5, 5.41) is 0. The summed E-state index contributed by atoms with van der Waals surface area (Å²) in [6.45, 7) is 11.9. The third kappa shape index (κ3) is 6.46. The highest BCUT2D eigenvalue weighted by atomic mass is 16.5. The largest absolute Gasteiger partial charge is 0.462 e. The van der Waals surface area contributed by atoms with Gasteiger partial charge in [0.2, 0.25) is 0 Å². The quantitative estimate of drug-likeness (QED) is 0.499. The molecule has 2 heteroatoms. The molecule has 0 saturated heterocycles. The minimum Gasteiger partial charge on any atom is -0.462 e. The molecule has 0 aromatic rings. The van der Waals surface area contributed by atoms with Gasteiger partial charge in [0.1, 0.15) is 6.61 Å².